The maximum atomic E-state index is 16.1. The van der Waals surface area contributed by atoms with E-state index in [4.69, 9.17) is 19.6 Å². The van der Waals surface area contributed by atoms with Gasteiger partial charge in [-0.1, -0.05) is 30.8 Å². The molecule has 0 spiro atoms. The highest BCUT2D eigenvalue weighted by Crippen LogP contribution is 2.47. The number of halogens is 4. The van der Waals surface area contributed by atoms with Gasteiger partial charge >= 0.3 is 0 Å². The molecule has 14 heteroatoms. The second-order valence-corrected chi connectivity index (χ2v) is 13.4. The third-order valence-corrected chi connectivity index (χ3v) is 10.1. The molecule has 9 nitrogen and oxygen atoms in total. The van der Waals surface area contributed by atoms with E-state index in [2.05, 4.69) is 6.58 Å². The summed E-state index contributed by atoms with van der Waals surface area (Å²) >= 11 is 1.35. The van der Waals surface area contributed by atoms with E-state index in [9.17, 15) is 22.8 Å². The van der Waals surface area contributed by atoms with Gasteiger partial charge in [-0.3, -0.25) is 14.3 Å². The van der Waals surface area contributed by atoms with Crippen LogP contribution in [-0.2, 0) is 27.3 Å². The smallest absolute Gasteiger partial charge is 0.282 e. The summed E-state index contributed by atoms with van der Waals surface area (Å²) in [5, 5.41) is 7.43. The van der Waals surface area contributed by atoms with Gasteiger partial charge in [-0.15, -0.1) is 11.3 Å². The molecule has 0 saturated carbocycles. The molecular formula is C37H33F4N5O4S. The van der Waals surface area contributed by atoms with Gasteiger partial charge in [0.1, 0.15) is 35.4 Å². The van der Waals surface area contributed by atoms with Crippen LogP contribution in [0, 0.1) is 11.6 Å². The fourth-order valence-electron chi connectivity index (χ4n) is 6.60. The number of ether oxygens (including phenoxy) is 2. The first-order valence-corrected chi connectivity index (χ1v) is 17.1. The van der Waals surface area contributed by atoms with E-state index in [0.717, 1.165) is 22.7 Å². The van der Waals surface area contributed by atoms with Crippen LogP contribution in [0.1, 0.15) is 24.2 Å². The molecule has 51 heavy (non-hydrogen) atoms. The second kappa shape index (κ2) is 13.6. The summed E-state index contributed by atoms with van der Waals surface area (Å²) in [6, 6.07) is 12.4. The van der Waals surface area contributed by atoms with Crippen molar-refractivity contribution in [1.29, 1.82) is 0 Å². The first-order chi connectivity index (χ1) is 24.5. The molecule has 2 aromatic carbocycles. The molecule has 3 aromatic heterocycles. The number of benzene rings is 2. The van der Waals surface area contributed by atoms with Crippen molar-refractivity contribution >= 4 is 33.2 Å². The Morgan fingerprint density at radius 2 is 1.80 bits per heavy atom. The summed E-state index contributed by atoms with van der Waals surface area (Å²) in [5.41, 5.74) is 3.75. The van der Waals surface area contributed by atoms with Crippen molar-refractivity contribution < 1.29 is 36.6 Å². The van der Waals surface area contributed by atoms with Crippen molar-refractivity contribution in [3.63, 3.8) is 0 Å². The minimum atomic E-state index is -2.84. The minimum Gasteiger partial charge on any atom is -0.490 e. The van der Waals surface area contributed by atoms with Gasteiger partial charge in [-0.05, 0) is 36.1 Å². The van der Waals surface area contributed by atoms with Crippen LogP contribution in [0.5, 0.6) is 5.75 Å². The monoisotopic (exact) mass is 719 g/mol. The van der Waals surface area contributed by atoms with Gasteiger partial charge in [0.15, 0.2) is 0 Å². The molecular weight excluding hydrogens is 686 g/mol. The average Bonchev–Trinajstić information content (AvgIpc) is 3.76. The van der Waals surface area contributed by atoms with Crippen molar-refractivity contribution in [2.24, 2.45) is 0 Å². The lowest BCUT2D eigenvalue weighted by Gasteiger charge is -2.38. The number of amides is 2. The first-order valence-electron chi connectivity index (χ1n) is 16.3. The quantitative estimate of drug-likeness (QED) is 0.0887. The molecule has 1 saturated heterocycles. The topological polar surface area (TPSA) is 89.8 Å². The second-order valence-electron chi connectivity index (χ2n) is 12.5. The molecule has 0 N–H and O–H groups in total. The SMILES string of the molecule is C=CC(=O)N1CCn2nc(-c3nc(-c4ccc(CC(=O)N5CC(F)(F)C5)cc4)c4ccsc4c3-c3c(F)cc(F)cc3OCCOC)cc2[C@H]1C. The van der Waals surface area contributed by atoms with Gasteiger partial charge in [-0.25, -0.2) is 22.5 Å². The Hall–Kier alpha value is -5.08. The number of fused-ring (bicyclic) bond motifs is 2. The van der Waals surface area contributed by atoms with Gasteiger partial charge in [0, 0.05) is 47.0 Å². The number of likely N-dealkylation sites (tertiary alicyclic amines) is 1. The summed E-state index contributed by atoms with van der Waals surface area (Å²) in [6.07, 6.45) is 1.24. The van der Waals surface area contributed by atoms with Gasteiger partial charge in [0.2, 0.25) is 11.8 Å². The Balaban J connectivity index is 1.37. The molecule has 0 radical (unpaired) electrons. The number of alkyl halides is 2. The van der Waals surface area contributed by atoms with E-state index >= 15 is 4.39 Å². The first kappa shape index (κ1) is 34.4. The number of hydrogen-bond acceptors (Lipinski definition) is 7. The van der Waals surface area contributed by atoms with Crippen molar-refractivity contribution in [3.05, 3.63) is 89.5 Å². The molecule has 7 rings (SSSR count). The molecule has 0 aliphatic carbocycles. The number of nitrogens with zero attached hydrogens (tertiary/aromatic N) is 5. The van der Waals surface area contributed by atoms with Gasteiger partial charge in [0.25, 0.3) is 5.92 Å². The van der Waals surface area contributed by atoms with Crippen LogP contribution >= 0.6 is 11.3 Å². The number of hydrogen-bond donors (Lipinski definition) is 0. The summed E-state index contributed by atoms with van der Waals surface area (Å²) in [5.74, 6) is -5.11. The summed E-state index contributed by atoms with van der Waals surface area (Å²) < 4.78 is 70.8. The number of pyridine rings is 1. The molecule has 264 valence electrons. The Kier molecular flexibility index (Phi) is 9.14. The van der Waals surface area contributed by atoms with E-state index in [-0.39, 0.29) is 48.8 Å². The lowest BCUT2D eigenvalue weighted by molar-refractivity contribution is -0.165. The average molecular weight is 720 g/mol. The zero-order chi connectivity index (χ0) is 36.0. The van der Waals surface area contributed by atoms with Crippen LogP contribution in [0.3, 0.4) is 0 Å². The molecule has 5 aromatic rings. The van der Waals surface area contributed by atoms with E-state index in [1.54, 1.807) is 33.8 Å². The van der Waals surface area contributed by atoms with Crippen molar-refractivity contribution in [3.8, 4) is 39.5 Å². The highest BCUT2D eigenvalue weighted by Gasteiger charge is 2.46. The van der Waals surface area contributed by atoms with Crippen LogP contribution in [0.4, 0.5) is 17.6 Å². The molecule has 5 heterocycles. The van der Waals surface area contributed by atoms with Crippen LogP contribution in [0.2, 0.25) is 0 Å². The highest BCUT2D eigenvalue weighted by atomic mass is 32.1. The van der Waals surface area contributed by atoms with Gasteiger partial charge in [-0.2, -0.15) is 5.10 Å². The van der Waals surface area contributed by atoms with Crippen LogP contribution in [-0.4, -0.2) is 82.3 Å². The van der Waals surface area contributed by atoms with Crippen molar-refractivity contribution in [1.82, 2.24) is 24.6 Å². The fourth-order valence-corrected chi connectivity index (χ4v) is 7.54. The lowest BCUT2D eigenvalue weighted by Crippen LogP contribution is -2.58. The van der Waals surface area contributed by atoms with E-state index in [0.29, 0.717) is 56.9 Å². The maximum Gasteiger partial charge on any atom is 0.282 e. The Morgan fingerprint density at radius 1 is 1.04 bits per heavy atom. The standard InChI is InChI=1S/C37H33F4N5O4S/c1-4-30(47)45-10-11-46-28(21(45)2)18-27(43-46)35-33(32-26(39)16-24(38)17-29(32)50-13-12-49-3)36-25(9-14-51-36)34(42-35)23-7-5-22(6-8-23)15-31(48)44-19-37(40,41)20-44/h4-9,14,16-18,21H,1,10-13,15,19-20H2,2-3H3/t21-/m1/s1. The van der Waals surface area contributed by atoms with E-state index < -0.39 is 30.6 Å². The van der Waals surface area contributed by atoms with Crippen LogP contribution in [0.15, 0.2) is 66.6 Å². The fraction of sp³-hybridized carbons (Fsp3) is 0.297. The number of carbonyl (C=O) groups excluding carboxylic acids is 2. The normalized spacial score (nSPS) is 16.5. The molecule has 1 fully saturated rings. The number of thiophene rings is 1. The Morgan fingerprint density at radius 3 is 2.51 bits per heavy atom. The number of aromatic nitrogens is 3. The largest absolute Gasteiger partial charge is 0.490 e. The maximum absolute atomic E-state index is 16.1. The Labute approximate surface area is 294 Å². The summed E-state index contributed by atoms with van der Waals surface area (Å²) in [6.45, 7) is 5.41. The zero-order valence-electron chi connectivity index (χ0n) is 27.8. The van der Waals surface area contributed by atoms with Gasteiger partial charge < -0.3 is 19.3 Å². The van der Waals surface area contributed by atoms with Crippen molar-refractivity contribution in [2.45, 2.75) is 31.9 Å². The molecule has 0 bridgehead atoms. The lowest BCUT2D eigenvalue weighted by atomic mass is 9.96. The predicted molar refractivity (Wildman–Crippen MR) is 185 cm³/mol. The number of methoxy groups -OCH3 is 1. The van der Waals surface area contributed by atoms with E-state index in [1.807, 2.05) is 24.4 Å². The molecule has 2 amide bonds. The predicted octanol–water partition coefficient (Wildman–Crippen LogP) is 6.91. The van der Waals surface area contributed by atoms with Crippen LogP contribution < -0.4 is 4.74 Å². The third-order valence-electron chi connectivity index (χ3n) is 9.16. The number of carbonyl (C=O) groups is 2. The minimum absolute atomic E-state index is 0.0157. The van der Waals surface area contributed by atoms with E-state index in [1.165, 1.54) is 24.5 Å². The molecule has 2 aliphatic rings. The zero-order valence-corrected chi connectivity index (χ0v) is 28.6. The molecule has 2 aliphatic heterocycles. The summed E-state index contributed by atoms with van der Waals surface area (Å²) in [4.78, 5) is 33.1. The summed E-state index contributed by atoms with van der Waals surface area (Å²) in [7, 11) is 1.50. The van der Waals surface area contributed by atoms with Crippen LogP contribution in [0.25, 0.3) is 43.9 Å². The van der Waals surface area contributed by atoms with Gasteiger partial charge in [0.05, 0.1) is 55.7 Å². The van der Waals surface area contributed by atoms with Crippen molar-refractivity contribution in [2.75, 3.05) is 40.0 Å². The molecule has 1 atom stereocenters. The molecule has 0 unspecified atom stereocenters. The third kappa shape index (κ3) is 6.49. The highest BCUT2D eigenvalue weighted by molar-refractivity contribution is 7.18. The Bertz CT molecular complexity index is 2160. The number of rotatable bonds is 10.